The van der Waals surface area contributed by atoms with Gasteiger partial charge in [-0.3, -0.25) is 0 Å². The summed E-state index contributed by atoms with van der Waals surface area (Å²) in [6, 6.07) is 17.5. The summed E-state index contributed by atoms with van der Waals surface area (Å²) in [7, 11) is 1.64. The van der Waals surface area contributed by atoms with Crippen LogP contribution in [0.5, 0.6) is 5.75 Å². The molecule has 6 nitrogen and oxygen atoms in total. The summed E-state index contributed by atoms with van der Waals surface area (Å²) in [5, 5.41) is 13.4. The van der Waals surface area contributed by atoms with Gasteiger partial charge in [-0.25, -0.2) is 4.98 Å². The van der Waals surface area contributed by atoms with Crippen molar-refractivity contribution in [3.8, 4) is 27.4 Å². The Balaban J connectivity index is 0.00000240. The molecule has 0 unspecified atom stereocenters. The van der Waals surface area contributed by atoms with E-state index in [2.05, 4.69) is 36.4 Å². The van der Waals surface area contributed by atoms with E-state index >= 15 is 0 Å². The van der Waals surface area contributed by atoms with Crippen LogP contribution in [-0.4, -0.2) is 22.3 Å². The number of halogens is 2. The number of nitrogen functional groups attached to an aromatic ring is 1. The molecule has 2 aromatic carbocycles. The lowest BCUT2D eigenvalue weighted by Gasteiger charge is -2.14. The van der Waals surface area contributed by atoms with E-state index < -0.39 is 0 Å². The molecule has 0 amide bonds. The Hall–Kier alpha value is -2.68. The Kier molecular flexibility index (Phi) is 6.68. The van der Waals surface area contributed by atoms with E-state index in [0.717, 1.165) is 31.9 Å². The van der Waals surface area contributed by atoms with Crippen LogP contribution in [0.25, 0.3) is 21.7 Å². The van der Waals surface area contributed by atoms with Crippen molar-refractivity contribution in [2.75, 3.05) is 18.2 Å². The van der Waals surface area contributed by atoms with Gasteiger partial charge in [0.15, 0.2) is 0 Å². The van der Waals surface area contributed by atoms with Gasteiger partial charge < -0.3 is 15.8 Å². The number of nitrogens with one attached hydrogen (secondary N) is 1. The number of methoxy groups -OCH3 is 1. The second kappa shape index (κ2) is 9.21. The minimum atomic E-state index is 0. The summed E-state index contributed by atoms with van der Waals surface area (Å²) in [4.78, 5) is 4.08. The smallest absolute Gasteiger partial charge is 0.210 e. The normalized spacial score (nSPS) is 10.3. The lowest BCUT2D eigenvalue weighted by molar-refractivity contribution is 0.416. The largest absolute Gasteiger partial charge is 0.496 e. The fourth-order valence-electron chi connectivity index (χ4n) is 2.84. The first-order valence-electron chi connectivity index (χ1n) is 8.39. The lowest BCUT2D eigenvalue weighted by Crippen LogP contribution is -1.95. The Bertz CT molecular complexity index is 1120. The van der Waals surface area contributed by atoms with E-state index in [1.54, 1.807) is 13.3 Å². The molecule has 0 aliphatic heterocycles. The monoisotopic (exact) mass is 489 g/mol. The highest BCUT2D eigenvalue weighted by Crippen LogP contribution is 2.43. The van der Waals surface area contributed by atoms with Crippen molar-refractivity contribution in [2.24, 2.45) is 0 Å². The molecular weight excluding hydrogens is 474 g/mol. The van der Waals surface area contributed by atoms with Crippen LogP contribution >= 0.6 is 39.7 Å². The van der Waals surface area contributed by atoms with E-state index in [0.29, 0.717) is 16.7 Å². The first kappa shape index (κ1) is 21.0. The molecule has 4 aromatic rings. The fraction of sp³-hybridized carbons (Fsp3) is 0.0500. The molecule has 3 N–H and O–H groups in total. The van der Waals surface area contributed by atoms with Gasteiger partial charge in [0.05, 0.1) is 7.11 Å². The molecule has 0 bridgehead atoms. The van der Waals surface area contributed by atoms with Crippen molar-refractivity contribution < 1.29 is 4.74 Å². The topological polar surface area (TPSA) is 86.0 Å². The van der Waals surface area contributed by atoms with Crippen LogP contribution in [0.1, 0.15) is 0 Å². The maximum atomic E-state index is 5.90. The molecule has 2 heterocycles. The second-order valence-corrected chi connectivity index (χ2v) is 7.80. The van der Waals surface area contributed by atoms with E-state index in [-0.39, 0.29) is 12.4 Å². The molecule has 148 valence electrons. The third kappa shape index (κ3) is 4.67. The molecule has 29 heavy (non-hydrogen) atoms. The first-order valence-corrected chi connectivity index (χ1v) is 10.0. The van der Waals surface area contributed by atoms with Gasteiger partial charge in [-0.05, 0) is 42.0 Å². The van der Waals surface area contributed by atoms with Gasteiger partial charge in [-0.2, -0.15) is 0 Å². The number of anilines is 3. The third-order valence-corrected chi connectivity index (χ3v) is 5.37. The molecule has 0 aliphatic carbocycles. The Morgan fingerprint density at radius 1 is 1.07 bits per heavy atom. The molecule has 0 saturated carbocycles. The molecule has 2 aromatic heterocycles. The number of nitrogens with zero attached hydrogens (tertiary/aromatic N) is 3. The number of para-hydroxylation sites is 1. The highest BCUT2D eigenvalue weighted by Gasteiger charge is 2.18. The summed E-state index contributed by atoms with van der Waals surface area (Å²) in [5.74, 6) is 1.15. The fourth-order valence-corrected chi connectivity index (χ4v) is 4.06. The maximum Gasteiger partial charge on any atom is 0.210 e. The van der Waals surface area contributed by atoms with E-state index in [1.165, 1.54) is 11.3 Å². The summed E-state index contributed by atoms with van der Waals surface area (Å²) < 4.78 is 6.52. The molecular formula is C20H17BrClN5OS. The summed E-state index contributed by atoms with van der Waals surface area (Å²) in [6.07, 6.45) is 1.68. The highest BCUT2D eigenvalue weighted by atomic mass is 79.9. The van der Waals surface area contributed by atoms with Crippen molar-refractivity contribution in [2.45, 2.75) is 0 Å². The number of benzene rings is 2. The van der Waals surface area contributed by atoms with Gasteiger partial charge in [-0.1, -0.05) is 45.5 Å². The number of pyridine rings is 1. The van der Waals surface area contributed by atoms with Gasteiger partial charge in [0, 0.05) is 27.5 Å². The number of aromatic nitrogens is 3. The third-order valence-electron chi connectivity index (χ3n) is 4.04. The summed E-state index contributed by atoms with van der Waals surface area (Å²) in [5.41, 5.74) is 9.55. The molecule has 0 aliphatic rings. The predicted molar refractivity (Wildman–Crippen MR) is 124 cm³/mol. The number of rotatable bonds is 5. The summed E-state index contributed by atoms with van der Waals surface area (Å²) in [6.45, 7) is 0. The van der Waals surface area contributed by atoms with E-state index in [4.69, 9.17) is 10.5 Å². The lowest BCUT2D eigenvalue weighted by atomic mass is 9.99. The van der Waals surface area contributed by atoms with Gasteiger partial charge >= 0.3 is 0 Å². The van der Waals surface area contributed by atoms with Crippen LogP contribution in [0, 0.1) is 0 Å². The number of nitrogens with two attached hydrogens (primary N) is 1. The van der Waals surface area contributed by atoms with Crippen LogP contribution < -0.4 is 15.8 Å². The van der Waals surface area contributed by atoms with Crippen LogP contribution in [0.15, 0.2) is 65.3 Å². The zero-order valence-electron chi connectivity index (χ0n) is 15.3. The number of hydrogen-bond donors (Lipinski definition) is 2. The van der Waals surface area contributed by atoms with Crippen molar-refractivity contribution in [3.63, 3.8) is 0 Å². The second-order valence-electron chi connectivity index (χ2n) is 5.90. The van der Waals surface area contributed by atoms with Crippen molar-refractivity contribution in [1.82, 2.24) is 15.2 Å². The van der Waals surface area contributed by atoms with Gasteiger partial charge in [0.25, 0.3) is 0 Å². The average molecular weight is 491 g/mol. The van der Waals surface area contributed by atoms with Gasteiger partial charge in [0.2, 0.25) is 5.13 Å². The van der Waals surface area contributed by atoms with Crippen LogP contribution in [0.3, 0.4) is 0 Å². The minimum Gasteiger partial charge on any atom is -0.496 e. The highest BCUT2D eigenvalue weighted by molar-refractivity contribution is 9.10. The maximum absolute atomic E-state index is 5.90. The van der Waals surface area contributed by atoms with Crippen LogP contribution in [0.4, 0.5) is 16.6 Å². The Morgan fingerprint density at radius 2 is 1.86 bits per heavy atom. The molecule has 4 rings (SSSR count). The van der Waals surface area contributed by atoms with Crippen LogP contribution in [0.2, 0.25) is 0 Å². The molecule has 0 fully saturated rings. The number of hydrogen-bond acceptors (Lipinski definition) is 7. The van der Waals surface area contributed by atoms with Crippen molar-refractivity contribution in [1.29, 1.82) is 0 Å². The quantitative estimate of drug-likeness (QED) is 0.368. The zero-order chi connectivity index (χ0) is 19.5. The van der Waals surface area contributed by atoms with Crippen molar-refractivity contribution >= 4 is 56.3 Å². The summed E-state index contributed by atoms with van der Waals surface area (Å²) >= 11 is 5.02. The van der Waals surface area contributed by atoms with Gasteiger partial charge in [-0.15, -0.1) is 22.6 Å². The molecule has 0 radical (unpaired) electrons. The Labute approximate surface area is 186 Å². The molecule has 0 atom stereocenters. The average Bonchev–Trinajstić information content (AvgIpc) is 3.16. The van der Waals surface area contributed by atoms with E-state index in [9.17, 15) is 0 Å². The van der Waals surface area contributed by atoms with Crippen LogP contribution in [-0.2, 0) is 0 Å². The molecule has 9 heteroatoms. The number of ether oxygens (including phenoxy) is 1. The van der Waals surface area contributed by atoms with Gasteiger partial charge in [0.1, 0.15) is 16.6 Å². The zero-order valence-corrected chi connectivity index (χ0v) is 18.5. The SMILES string of the molecule is COc1cc(Br)cc(-c2nnc(Nc3ccccc3)s2)c1-c1ccnc(N)c1.Cl. The molecule has 0 saturated heterocycles. The first-order chi connectivity index (χ1) is 13.6. The van der Waals surface area contributed by atoms with Crippen molar-refractivity contribution in [3.05, 3.63) is 65.3 Å². The standard InChI is InChI=1S/C20H16BrN5OS.ClH/c1-27-16-11-13(21)10-15(18(16)12-7-8-23-17(22)9-12)19-25-26-20(28-19)24-14-5-3-2-4-6-14;/h2-11H,1H3,(H2,22,23)(H,24,26);1H. The minimum absolute atomic E-state index is 0. The molecule has 0 spiro atoms. The predicted octanol–water partition coefficient (Wildman–Crippen LogP) is 5.79. The Morgan fingerprint density at radius 3 is 2.59 bits per heavy atom. The van der Waals surface area contributed by atoms with E-state index in [1.807, 2.05) is 54.6 Å².